The number of hydrogen-bond acceptors (Lipinski definition) is 4. The van der Waals surface area contributed by atoms with Gasteiger partial charge in [0.15, 0.2) is 5.78 Å². The number of carbonyl (C=O) groups excluding carboxylic acids is 2. The van der Waals surface area contributed by atoms with Crippen molar-refractivity contribution in [3.05, 3.63) is 99.6 Å². The molecule has 0 aliphatic carbocycles. The van der Waals surface area contributed by atoms with E-state index in [0.29, 0.717) is 16.7 Å². The Hall–Kier alpha value is -4.14. The van der Waals surface area contributed by atoms with Gasteiger partial charge in [0.1, 0.15) is 11.6 Å². The summed E-state index contributed by atoms with van der Waals surface area (Å²) in [6.07, 6.45) is 2.57. The molecular weight excluding hydrogens is 430 g/mol. The number of Topliss-reactive ketones (excluding diaryl/α,β-unsaturated/α-hetero) is 1. The van der Waals surface area contributed by atoms with Gasteiger partial charge in [0.25, 0.3) is 5.56 Å². The van der Waals surface area contributed by atoms with Gasteiger partial charge in [-0.1, -0.05) is 18.2 Å². The third-order valence-electron chi connectivity index (χ3n) is 5.47. The number of amides is 2. The van der Waals surface area contributed by atoms with Crippen molar-refractivity contribution in [3.8, 4) is 11.1 Å². The van der Waals surface area contributed by atoms with Crippen molar-refractivity contribution in [1.29, 1.82) is 0 Å². The maximum atomic E-state index is 14.6. The van der Waals surface area contributed by atoms with Gasteiger partial charge in [-0.2, -0.15) is 5.10 Å². The molecule has 4 rings (SSSR count). The smallest absolute Gasteiger partial charge is 0.321 e. The van der Waals surface area contributed by atoms with Gasteiger partial charge in [0.05, 0.1) is 11.6 Å². The lowest BCUT2D eigenvalue weighted by atomic mass is 9.91. The molecule has 0 bridgehead atoms. The summed E-state index contributed by atoms with van der Waals surface area (Å²) in [7, 11) is 3.00. The number of benzene rings is 2. The Balaban J connectivity index is 1.68. The lowest BCUT2D eigenvalue weighted by Gasteiger charge is -2.30. The highest BCUT2D eigenvalue weighted by molar-refractivity contribution is 6.00. The van der Waals surface area contributed by atoms with E-state index in [0.717, 1.165) is 0 Å². The van der Waals surface area contributed by atoms with Crippen LogP contribution in [0, 0.1) is 11.6 Å². The van der Waals surface area contributed by atoms with Crippen LogP contribution in [-0.4, -0.2) is 33.5 Å². The van der Waals surface area contributed by atoms with Crippen molar-refractivity contribution in [2.75, 3.05) is 7.05 Å². The topological polar surface area (TPSA) is 84.3 Å². The molecule has 2 amide bonds. The van der Waals surface area contributed by atoms with Crippen molar-refractivity contribution < 1.29 is 18.4 Å². The van der Waals surface area contributed by atoms with E-state index in [1.54, 1.807) is 0 Å². The van der Waals surface area contributed by atoms with Gasteiger partial charge in [0.2, 0.25) is 0 Å². The zero-order valence-electron chi connectivity index (χ0n) is 17.9. The third kappa shape index (κ3) is 4.43. The highest BCUT2D eigenvalue weighted by atomic mass is 19.1. The quantitative estimate of drug-likeness (QED) is 0.648. The second kappa shape index (κ2) is 8.78. The average molecular weight is 450 g/mol. The number of aromatic nitrogens is 2. The second-order valence-corrected chi connectivity index (χ2v) is 7.71. The SMILES string of the molecule is CN1C=C(C(=O)Cc2cc(-c3ccnn(C)c3=O)ccc2F)[C@H](c2ccc(F)cc2)NC1=O. The molecule has 0 unspecified atom stereocenters. The molecule has 0 radical (unpaired) electrons. The van der Waals surface area contributed by atoms with E-state index >= 15 is 0 Å². The fraction of sp³-hybridized carbons (Fsp3) is 0.167. The van der Waals surface area contributed by atoms with Gasteiger partial charge in [0, 0.05) is 38.5 Å². The first-order valence-electron chi connectivity index (χ1n) is 10.1. The number of nitrogens with one attached hydrogen (secondary N) is 1. The maximum Gasteiger partial charge on any atom is 0.321 e. The van der Waals surface area contributed by atoms with Crippen LogP contribution in [0.15, 0.2) is 71.3 Å². The number of carbonyl (C=O) groups is 2. The van der Waals surface area contributed by atoms with Crippen LogP contribution < -0.4 is 10.9 Å². The number of nitrogens with zero attached hydrogens (tertiary/aromatic N) is 3. The molecule has 0 saturated carbocycles. The Morgan fingerprint density at radius 1 is 1.06 bits per heavy atom. The van der Waals surface area contributed by atoms with Crippen LogP contribution in [0.1, 0.15) is 17.2 Å². The summed E-state index contributed by atoms with van der Waals surface area (Å²) in [5.41, 5.74) is 1.29. The summed E-state index contributed by atoms with van der Waals surface area (Å²) in [6, 6.07) is 9.86. The molecule has 2 heterocycles. The minimum absolute atomic E-state index is 0.106. The van der Waals surface area contributed by atoms with Gasteiger partial charge in [-0.25, -0.2) is 18.3 Å². The molecule has 33 heavy (non-hydrogen) atoms. The van der Waals surface area contributed by atoms with Crippen molar-refractivity contribution in [2.24, 2.45) is 7.05 Å². The van der Waals surface area contributed by atoms with Crippen molar-refractivity contribution in [2.45, 2.75) is 12.5 Å². The Morgan fingerprint density at radius 2 is 1.79 bits per heavy atom. The number of halogens is 2. The number of rotatable bonds is 5. The molecule has 1 aromatic heterocycles. The predicted octanol–water partition coefficient (Wildman–Crippen LogP) is 3.12. The summed E-state index contributed by atoms with van der Waals surface area (Å²) < 4.78 is 29.1. The van der Waals surface area contributed by atoms with Gasteiger partial charge in [-0.3, -0.25) is 9.59 Å². The monoisotopic (exact) mass is 450 g/mol. The first-order valence-corrected chi connectivity index (χ1v) is 10.1. The van der Waals surface area contributed by atoms with E-state index in [2.05, 4.69) is 10.4 Å². The van der Waals surface area contributed by atoms with E-state index in [4.69, 9.17) is 0 Å². The average Bonchev–Trinajstić information content (AvgIpc) is 2.79. The molecule has 1 N–H and O–H groups in total. The fourth-order valence-corrected chi connectivity index (χ4v) is 3.67. The molecular formula is C24H20F2N4O3. The Labute approximate surface area is 188 Å². The van der Waals surface area contributed by atoms with Crippen LogP contribution in [0.2, 0.25) is 0 Å². The molecule has 168 valence electrons. The van der Waals surface area contributed by atoms with Crippen LogP contribution in [0.4, 0.5) is 13.6 Å². The molecule has 1 aliphatic heterocycles. The number of urea groups is 1. The van der Waals surface area contributed by atoms with Gasteiger partial charge >= 0.3 is 6.03 Å². The molecule has 7 nitrogen and oxygen atoms in total. The molecule has 0 saturated heterocycles. The van der Waals surface area contributed by atoms with Crippen LogP contribution in [0.5, 0.6) is 0 Å². The van der Waals surface area contributed by atoms with Gasteiger partial charge < -0.3 is 10.2 Å². The molecule has 2 aromatic carbocycles. The first-order chi connectivity index (χ1) is 15.7. The normalized spacial score (nSPS) is 15.8. The summed E-state index contributed by atoms with van der Waals surface area (Å²) >= 11 is 0. The van der Waals surface area contributed by atoms with Crippen LogP contribution in [0.3, 0.4) is 0 Å². The highest BCUT2D eigenvalue weighted by Crippen LogP contribution is 2.28. The van der Waals surface area contributed by atoms with Crippen LogP contribution >= 0.6 is 0 Å². The second-order valence-electron chi connectivity index (χ2n) is 7.71. The van der Waals surface area contributed by atoms with Crippen LogP contribution in [0.25, 0.3) is 11.1 Å². The highest BCUT2D eigenvalue weighted by Gasteiger charge is 2.30. The summed E-state index contributed by atoms with van der Waals surface area (Å²) in [5, 5.41) is 6.59. The lowest BCUT2D eigenvalue weighted by molar-refractivity contribution is -0.115. The van der Waals surface area contributed by atoms with E-state index in [9.17, 15) is 23.2 Å². The Morgan fingerprint density at radius 3 is 2.52 bits per heavy atom. The molecule has 0 fully saturated rings. The van der Waals surface area contributed by atoms with E-state index < -0.39 is 29.5 Å². The van der Waals surface area contributed by atoms with E-state index in [1.807, 2.05) is 0 Å². The molecule has 1 atom stereocenters. The first kappa shape index (κ1) is 22.1. The van der Waals surface area contributed by atoms with Gasteiger partial charge in [-0.05, 0) is 47.0 Å². The van der Waals surface area contributed by atoms with Crippen LogP contribution in [-0.2, 0) is 18.3 Å². The molecule has 1 aliphatic rings. The molecule has 9 heteroatoms. The minimum Gasteiger partial charge on any atom is -0.327 e. The van der Waals surface area contributed by atoms with E-state index in [-0.39, 0.29) is 23.1 Å². The maximum absolute atomic E-state index is 14.6. The molecule has 3 aromatic rings. The summed E-state index contributed by atoms with van der Waals surface area (Å²) in [4.78, 5) is 39.0. The summed E-state index contributed by atoms with van der Waals surface area (Å²) in [5.74, 6) is -1.46. The largest absolute Gasteiger partial charge is 0.327 e. The molecule has 0 spiro atoms. The Kier molecular flexibility index (Phi) is 5.87. The lowest BCUT2D eigenvalue weighted by Crippen LogP contribution is -2.43. The third-order valence-corrected chi connectivity index (χ3v) is 5.47. The standard InChI is InChI=1S/C24H20F2N4O3/c1-29-13-19(22(28-24(29)33)14-3-6-17(25)7-4-14)21(31)12-16-11-15(5-8-20(16)26)18-9-10-27-30(2)23(18)32/h3-11,13,22H,12H2,1-2H3,(H,28,33)/t22-/m0/s1. The fourth-order valence-electron chi connectivity index (χ4n) is 3.67. The zero-order valence-corrected chi connectivity index (χ0v) is 17.9. The number of ketones is 1. The minimum atomic E-state index is -0.805. The van der Waals surface area contributed by atoms with Crippen molar-refractivity contribution >= 4 is 11.8 Å². The van der Waals surface area contributed by atoms with Gasteiger partial charge in [-0.15, -0.1) is 0 Å². The number of hydrogen-bond donors (Lipinski definition) is 1. The summed E-state index contributed by atoms with van der Waals surface area (Å²) in [6.45, 7) is 0. The number of aryl methyl sites for hydroxylation is 1. The zero-order chi connectivity index (χ0) is 23.7. The van der Waals surface area contributed by atoms with Crippen molar-refractivity contribution in [1.82, 2.24) is 20.0 Å². The Bertz CT molecular complexity index is 1330. The predicted molar refractivity (Wildman–Crippen MR) is 117 cm³/mol. The van der Waals surface area contributed by atoms with Crippen molar-refractivity contribution in [3.63, 3.8) is 0 Å². The van der Waals surface area contributed by atoms with E-state index in [1.165, 1.54) is 84.6 Å².